The number of aliphatic carboxylic acids is 2. The highest BCUT2D eigenvalue weighted by atomic mass is 16.5. The van der Waals surface area contributed by atoms with Gasteiger partial charge in [-0.15, -0.1) is 0 Å². The first-order valence-electron chi connectivity index (χ1n) is 6.92. The molecule has 1 heterocycles. The van der Waals surface area contributed by atoms with Crippen LogP contribution >= 0.6 is 0 Å². The number of carboxylic acid groups (broad SMARTS) is 2. The molecule has 0 bridgehead atoms. The van der Waals surface area contributed by atoms with Gasteiger partial charge in [-0.3, -0.25) is 0 Å². The van der Waals surface area contributed by atoms with Crippen molar-refractivity contribution in [3.05, 3.63) is 47.8 Å². The summed E-state index contributed by atoms with van der Waals surface area (Å²) < 4.78 is 5.65. The first kappa shape index (κ1) is 18.7. The van der Waals surface area contributed by atoms with Gasteiger partial charge in [0.1, 0.15) is 5.76 Å². The number of aryl methyl sites for hydroxylation is 1. The smallest absolute Gasteiger partial charge is 0.414 e. The molecule has 1 aromatic heterocycles. The lowest BCUT2D eigenvalue weighted by molar-refractivity contribution is -0.159. The van der Waals surface area contributed by atoms with Crippen molar-refractivity contribution < 1.29 is 29.7 Å². The van der Waals surface area contributed by atoms with Crippen LogP contribution in [0.4, 0.5) is 0 Å². The number of carbonyl (C=O) groups is 2. The molecule has 1 aliphatic carbocycles. The Balaban J connectivity index is 0.000000413. The molecular formula is C15H17N3O6. The van der Waals surface area contributed by atoms with Crippen molar-refractivity contribution >= 4 is 17.8 Å². The molecule has 0 radical (unpaired) electrons. The monoisotopic (exact) mass is 335 g/mol. The van der Waals surface area contributed by atoms with Crippen LogP contribution in [0.25, 0.3) is 0 Å². The topological polar surface area (TPSA) is 145 Å². The van der Waals surface area contributed by atoms with Gasteiger partial charge in [-0.25, -0.2) is 14.6 Å². The van der Waals surface area contributed by atoms with E-state index in [1.54, 1.807) is 6.33 Å². The third-order valence-electron chi connectivity index (χ3n) is 2.75. The number of hydrogen-bond donors (Lipinski definition) is 4. The molecule has 0 atom stereocenters. The molecule has 4 N–H and O–H groups in total. The van der Waals surface area contributed by atoms with Crippen LogP contribution in [0.3, 0.4) is 0 Å². The molecule has 9 heteroatoms. The molecule has 0 aromatic carbocycles. The molecule has 0 unspecified atom stereocenters. The Labute approximate surface area is 137 Å². The standard InChI is InChI=1S/C13H15N3O2.C2H2O4/c17-16-8-11-3-1-5-13(7-11)18-6-2-4-12-9-14-10-15-12;3-1(4)2(5)6/h1,3,5,9-10,17H,2,4,6-7H2,(H,14,15);(H,3,4)(H,5,6). The number of imidazole rings is 1. The highest BCUT2D eigenvalue weighted by Crippen LogP contribution is 2.17. The van der Waals surface area contributed by atoms with Gasteiger partial charge in [0, 0.05) is 29.8 Å². The number of hydrogen-bond acceptors (Lipinski definition) is 6. The molecule has 0 saturated carbocycles. The van der Waals surface area contributed by atoms with E-state index in [0.717, 1.165) is 29.9 Å². The Morgan fingerprint density at radius 2 is 2.12 bits per heavy atom. The molecule has 0 saturated heterocycles. The normalized spacial score (nSPS) is 12.3. The van der Waals surface area contributed by atoms with Gasteiger partial charge in [0.05, 0.1) is 12.9 Å². The van der Waals surface area contributed by atoms with Crippen LogP contribution in [0, 0.1) is 0 Å². The SMILES string of the molecule is O=C(O)C(=O)O.ON=C=C1C=CC=C(OCCCc2cnc[nH]2)C1. The molecule has 0 amide bonds. The van der Waals surface area contributed by atoms with Crippen molar-refractivity contribution in [2.75, 3.05) is 6.61 Å². The summed E-state index contributed by atoms with van der Waals surface area (Å²) in [5.41, 5.74) is 1.92. The molecule has 1 aliphatic rings. The number of aromatic nitrogens is 2. The molecule has 1 aromatic rings. The molecule has 24 heavy (non-hydrogen) atoms. The maximum absolute atomic E-state index is 9.10. The largest absolute Gasteiger partial charge is 0.498 e. The highest BCUT2D eigenvalue weighted by molar-refractivity contribution is 6.27. The minimum Gasteiger partial charge on any atom is -0.498 e. The summed E-state index contributed by atoms with van der Waals surface area (Å²) in [6.07, 6.45) is 11.6. The van der Waals surface area contributed by atoms with E-state index in [4.69, 9.17) is 29.7 Å². The van der Waals surface area contributed by atoms with E-state index in [-0.39, 0.29) is 0 Å². The Hall–Kier alpha value is -3.32. The predicted octanol–water partition coefficient (Wildman–Crippen LogP) is 1.34. The van der Waals surface area contributed by atoms with Crippen molar-refractivity contribution in [2.45, 2.75) is 19.3 Å². The maximum Gasteiger partial charge on any atom is 0.414 e. The molecule has 0 fully saturated rings. The highest BCUT2D eigenvalue weighted by Gasteiger charge is 2.05. The maximum atomic E-state index is 9.10. The number of carboxylic acids is 2. The Kier molecular flexibility index (Phi) is 8.13. The Morgan fingerprint density at radius 3 is 2.71 bits per heavy atom. The van der Waals surface area contributed by atoms with E-state index in [9.17, 15) is 0 Å². The van der Waals surface area contributed by atoms with Crippen LogP contribution in [-0.2, 0) is 20.7 Å². The fraction of sp³-hybridized carbons (Fsp3) is 0.267. The zero-order valence-electron chi connectivity index (χ0n) is 12.7. The van der Waals surface area contributed by atoms with Gasteiger partial charge >= 0.3 is 11.9 Å². The molecule has 0 spiro atoms. The first-order chi connectivity index (χ1) is 11.5. The average Bonchev–Trinajstić information content (AvgIpc) is 3.06. The van der Waals surface area contributed by atoms with Crippen LogP contribution in [0.2, 0.25) is 0 Å². The minimum atomic E-state index is -1.82. The predicted molar refractivity (Wildman–Crippen MR) is 82.7 cm³/mol. The van der Waals surface area contributed by atoms with Crippen LogP contribution in [-0.4, -0.2) is 49.8 Å². The lowest BCUT2D eigenvalue weighted by Gasteiger charge is -2.11. The van der Waals surface area contributed by atoms with Crippen LogP contribution in [0.1, 0.15) is 18.5 Å². The summed E-state index contributed by atoms with van der Waals surface area (Å²) in [5.74, 6) is -0.276. The zero-order chi connectivity index (χ0) is 17.8. The molecule has 2 rings (SSSR count). The molecule has 0 aliphatic heterocycles. The van der Waals surface area contributed by atoms with Crippen LogP contribution in [0.5, 0.6) is 0 Å². The van der Waals surface area contributed by atoms with E-state index >= 15 is 0 Å². The number of rotatable bonds is 5. The second-order valence-electron chi connectivity index (χ2n) is 4.55. The molecular weight excluding hydrogens is 318 g/mol. The minimum absolute atomic E-state index is 0.616. The quantitative estimate of drug-likeness (QED) is 0.209. The molecule has 9 nitrogen and oxygen atoms in total. The third kappa shape index (κ3) is 7.62. The van der Waals surface area contributed by atoms with Gasteiger partial charge in [0.15, 0.2) is 0 Å². The van der Waals surface area contributed by atoms with Crippen LogP contribution in [0.15, 0.2) is 47.2 Å². The van der Waals surface area contributed by atoms with Gasteiger partial charge in [-0.2, -0.15) is 0 Å². The Bertz CT molecular complexity index is 657. The van der Waals surface area contributed by atoms with E-state index in [1.807, 2.05) is 24.4 Å². The van der Waals surface area contributed by atoms with E-state index in [0.29, 0.717) is 13.0 Å². The van der Waals surface area contributed by atoms with Gasteiger partial charge in [0.25, 0.3) is 0 Å². The van der Waals surface area contributed by atoms with Crippen molar-refractivity contribution in [3.8, 4) is 0 Å². The second-order valence-corrected chi connectivity index (χ2v) is 4.55. The number of nitrogens with zero attached hydrogens (tertiary/aromatic N) is 2. The number of nitrogens with one attached hydrogen (secondary N) is 1. The van der Waals surface area contributed by atoms with E-state index in [1.165, 1.54) is 0 Å². The average molecular weight is 335 g/mol. The second kappa shape index (κ2) is 10.4. The lowest BCUT2D eigenvalue weighted by atomic mass is 10.1. The van der Waals surface area contributed by atoms with Crippen molar-refractivity contribution in [1.82, 2.24) is 9.97 Å². The molecule has 128 valence electrons. The summed E-state index contributed by atoms with van der Waals surface area (Å²) in [5, 5.41) is 26.1. The van der Waals surface area contributed by atoms with Gasteiger partial charge in [0.2, 0.25) is 0 Å². The van der Waals surface area contributed by atoms with E-state index in [2.05, 4.69) is 21.0 Å². The number of ether oxygens (including phenoxy) is 1. The number of allylic oxidation sites excluding steroid dienone is 4. The van der Waals surface area contributed by atoms with E-state index < -0.39 is 11.9 Å². The zero-order valence-corrected chi connectivity index (χ0v) is 12.7. The van der Waals surface area contributed by atoms with Gasteiger partial charge < -0.3 is 25.1 Å². The number of H-pyrrole nitrogens is 1. The fourth-order valence-electron chi connectivity index (χ4n) is 1.70. The van der Waals surface area contributed by atoms with Crippen molar-refractivity contribution in [2.24, 2.45) is 5.16 Å². The summed E-state index contributed by atoms with van der Waals surface area (Å²) >= 11 is 0. The van der Waals surface area contributed by atoms with Gasteiger partial charge in [-0.05, 0) is 30.1 Å². The summed E-state index contributed by atoms with van der Waals surface area (Å²) in [6, 6.07) is 0. The first-order valence-corrected chi connectivity index (χ1v) is 6.92. The Morgan fingerprint density at radius 1 is 1.38 bits per heavy atom. The van der Waals surface area contributed by atoms with Crippen LogP contribution < -0.4 is 0 Å². The number of aromatic amines is 1. The lowest BCUT2D eigenvalue weighted by Crippen LogP contribution is -2.09. The fourth-order valence-corrected chi connectivity index (χ4v) is 1.70. The summed E-state index contributed by atoms with van der Waals surface area (Å²) in [7, 11) is 0. The summed E-state index contributed by atoms with van der Waals surface area (Å²) in [6.45, 7) is 0.655. The third-order valence-corrected chi connectivity index (χ3v) is 2.75. The van der Waals surface area contributed by atoms with Crippen molar-refractivity contribution in [3.63, 3.8) is 0 Å². The van der Waals surface area contributed by atoms with Crippen molar-refractivity contribution in [1.29, 1.82) is 0 Å². The van der Waals surface area contributed by atoms with Gasteiger partial charge in [-0.1, -0.05) is 6.08 Å². The summed E-state index contributed by atoms with van der Waals surface area (Å²) in [4.78, 5) is 25.2.